The number of carbonyl (C=O) groups excluding carboxylic acids is 1. The van der Waals surface area contributed by atoms with Crippen molar-refractivity contribution >= 4 is 5.78 Å². The van der Waals surface area contributed by atoms with Crippen LogP contribution in [0.3, 0.4) is 0 Å². The van der Waals surface area contributed by atoms with Gasteiger partial charge in [0.15, 0.2) is 17.3 Å². The number of phenolic OH excluding ortho intramolecular Hbond substituents is 1. The summed E-state index contributed by atoms with van der Waals surface area (Å²) in [4.78, 5) is 11.1. The van der Waals surface area contributed by atoms with Gasteiger partial charge in [-0.15, -0.1) is 0 Å². The fourth-order valence-electron chi connectivity index (χ4n) is 1.44. The summed E-state index contributed by atoms with van der Waals surface area (Å²) >= 11 is 0. The summed E-state index contributed by atoms with van der Waals surface area (Å²) in [6.07, 6.45) is 0. The van der Waals surface area contributed by atoms with E-state index < -0.39 is 0 Å². The van der Waals surface area contributed by atoms with Crippen molar-refractivity contribution in [2.75, 3.05) is 0 Å². The number of ketones is 1. The zero-order valence-corrected chi connectivity index (χ0v) is 9.38. The molecule has 0 aromatic heterocycles. The van der Waals surface area contributed by atoms with Gasteiger partial charge in [-0.2, -0.15) is 0 Å². The Morgan fingerprint density at radius 3 is 2.41 bits per heavy atom. The van der Waals surface area contributed by atoms with Crippen LogP contribution in [0, 0.1) is 0 Å². The van der Waals surface area contributed by atoms with Crippen LogP contribution in [0.2, 0.25) is 0 Å². The van der Waals surface area contributed by atoms with E-state index in [0.29, 0.717) is 17.1 Å². The Morgan fingerprint density at radius 1 is 1.12 bits per heavy atom. The summed E-state index contributed by atoms with van der Waals surface area (Å²) in [5.41, 5.74) is 0.461. The van der Waals surface area contributed by atoms with Crippen molar-refractivity contribution in [1.82, 2.24) is 0 Å². The Kier molecular flexibility index (Phi) is 3.10. The van der Waals surface area contributed by atoms with Crippen LogP contribution in [0.15, 0.2) is 48.5 Å². The zero-order valence-electron chi connectivity index (χ0n) is 9.38. The highest BCUT2D eigenvalue weighted by Gasteiger charge is 2.07. The van der Waals surface area contributed by atoms with Gasteiger partial charge in [0.05, 0.1) is 0 Å². The number of aromatic hydroxyl groups is 1. The highest BCUT2D eigenvalue weighted by molar-refractivity contribution is 5.94. The molecule has 0 aliphatic carbocycles. The quantitative estimate of drug-likeness (QED) is 0.819. The van der Waals surface area contributed by atoms with Gasteiger partial charge in [0, 0.05) is 5.56 Å². The SMILES string of the molecule is CC(=O)c1ccc(Oc2ccccc2)c(O)c1. The maximum Gasteiger partial charge on any atom is 0.169 e. The third-order valence-electron chi connectivity index (χ3n) is 2.34. The molecule has 0 saturated carbocycles. The van der Waals surface area contributed by atoms with Gasteiger partial charge in [0.2, 0.25) is 0 Å². The Morgan fingerprint density at radius 2 is 1.82 bits per heavy atom. The van der Waals surface area contributed by atoms with Crippen LogP contribution in [-0.4, -0.2) is 10.9 Å². The van der Waals surface area contributed by atoms with E-state index in [4.69, 9.17) is 4.74 Å². The van der Waals surface area contributed by atoms with Crippen molar-refractivity contribution in [3.05, 3.63) is 54.1 Å². The van der Waals surface area contributed by atoms with E-state index in [9.17, 15) is 9.90 Å². The van der Waals surface area contributed by atoms with Crippen molar-refractivity contribution in [2.24, 2.45) is 0 Å². The van der Waals surface area contributed by atoms with Crippen molar-refractivity contribution in [3.8, 4) is 17.2 Å². The molecule has 2 aromatic carbocycles. The van der Waals surface area contributed by atoms with Crippen molar-refractivity contribution in [3.63, 3.8) is 0 Å². The third kappa shape index (κ3) is 2.64. The summed E-state index contributed by atoms with van der Waals surface area (Å²) in [6, 6.07) is 13.8. The number of carbonyl (C=O) groups is 1. The smallest absolute Gasteiger partial charge is 0.169 e. The summed E-state index contributed by atoms with van der Waals surface area (Å²) in [5.74, 6) is 0.840. The van der Waals surface area contributed by atoms with Crippen LogP contribution < -0.4 is 4.74 Å². The fourth-order valence-corrected chi connectivity index (χ4v) is 1.44. The van der Waals surface area contributed by atoms with Gasteiger partial charge in [0.1, 0.15) is 5.75 Å². The van der Waals surface area contributed by atoms with Gasteiger partial charge in [-0.3, -0.25) is 4.79 Å². The molecule has 0 heterocycles. The van der Waals surface area contributed by atoms with E-state index in [-0.39, 0.29) is 11.5 Å². The normalized spacial score (nSPS) is 9.94. The molecule has 2 aromatic rings. The molecule has 0 saturated heterocycles. The largest absolute Gasteiger partial charge is 0.504 e. The minimum atomic E-state index is -0.0911. The van der Waals surface area contributed by atoms with Crippen molar-refractivity contribution in [2.45, 2.75) is 6.92 Å². The summed E-state index contributed by atoms with van der Waals surface area (Å²) in [7, 11) is 0. The Labute approximate surface area is 99.3 Å². The first-order valence-electron chi connectivity index (χ1n) is 5.23. The molecule has 3 heteroatoms. The second-order valence-electron chi connectivity index (χ2n) is 3.65. The number of para-hydroxylation sites is 1. The molecule has 1 N–H and O–H groups in total. The summed E-state index contributed by atoms with van der Waals surface area (Å²) < 4.78 is 5.48. The van der Waals surface area contributed by atoms with E-state index in [1.165, 1.54) is 13.0 Å². The average Bonchev–Trinajstić information content (AvgIpc) is 2.33. The average molecular weight is 228 g/mol. The van der Waals surface area contributed by atoms with Crippen LogP contribution in [-0.2, 0) is 0 Å². The lowest BCUT2D eigenvalue weighted by Crippen LogP contribution is -1.92. The van der Waals surface area contributed by atoms with Gasteiger partial charge >= 0.3 is 0 Å². The molecule has 0 atom stereocenters. The first kappa shape index (κ1) is 11.2. The van der Waals surface area contributed by atoms with Gasteiger partial charge in [-0.1, -0.05) is 18.2 Å². The third-order valence-corrected chi connectivity index (χ3v) is 2.34. The summed E-state index contributed by atoms with van der Waals surface area (Å²) in [5, 5.41) is 9.72. The predicted molar refractivity (Wildman–Crippen MR) is 64.6 cm³/mol. The lowest BCUT2D eigenvalue weighted by molar-refractivity contribution is 0.101. The lowest BCUT2D eigenvalue weighted by atomic mass is 10.1. The van der Waals surface area contributed by atoms with Gasteiger partial charge in [-0.25, -0.2) is 0 Å². The van der Waals surface area contributed by atoms with Crippen LogP contribution in [0.1, 0.15) is 17.3 Å². The fraction of sp³-hybridized carbons (Fsp3) is 0.0714. The molecular formula is C14H12O3. The standard InChI is InChI=1S/C14H12O3/c1-10(15)11-7-8-14(13(16)9-11)17-12-5-3-2-4-6-12/h2-9,16H,1H3. The number of Topliss-reactive ketones (excluding diaryl/α,β-unsaturated/α-hetero) is 1. The van der Waals surface area contributed by atoms with Crippen LogP contribution in [0.4, 0.5) is 0 Å². The monoisotopic (exact) mass is 228 g/mol. The second-order valence-corrected chi connectivity index (χ2v) is 3.65. The van der Waals surface area contributed by atoms with E-state index in [1.54, 1.807) is 24.3 Å². The molecule has 86 valence electrons. The van der Waals surface area contributed by atoms with Crippen molar-refractivity contribution < 1.29 is 14.6 Å². The number of hydrogen-bond donors (Lipinski definition) is 1. The van der Waals surface area contributed by atoms with Crippen molar-refractivity contribution in [1.29, 1.82) is 0 Å². The van der Waals surface area contributed by atoms with Crippen LogP contribution in [0.5, 0.6) is 17.2 Å². The Bertz CT molecular complexity index is 532. The first-order valence-corrected chi connectivity index (χ1v) is 5.23. The second kappa shape index (κ2) is 4.70. The molecule has 0 bridgehead atoms. The highest BCUT2D eigenvalue weighted by atomic mass is 16.5. The van der Waals surface area contributed by atoms with E-state index in [1.807, 2.05) is 18.2 Å². The van der Waals surface area contributed by atoms with Gasteiger partial charge in [-0.05, 0) is 37.3 Å². The first-order chi connectivity index (χ1) is 8.16. The predicted octanol–water partition coefficient (Wildman–Crippen LogP) is 3.39. The molecule has 3 nitrogen and oxygen atoms in total. The Hall–Kier alpha value is -2.29. The number of benzene rings is 2. The zero-order chi connectivity index (χ0) is 12.3. The molecule has 17 heavy (non-hydrogen) atoms. The van der Waals surface area contributed by atoms with E-state index in [2.05, 4.69) is 0 Å². The Balaban J connectivity index is 2.26. The molecule has 2 rings (SSSR count). The molecule has 0 radical (unpaired) electrons. The number of hydrogen-bond acceptors (Lipinski definition) is 3. The summed E-state index contributed by atoms with van der Waals surface area (Å²) in [6.45, 7) is 1.45. The molecule has 0 unspecified atom stereocenters. The van der Waals surface area contributed by atoms with Gasteiger partial charge in [0.25, 0.3) is 0 Å². The van der Waals surface area contributed by atoms with Crippen LogP contribution in [0.25, 0.3) is 0 Å². The highest BCUT2D eigenvalue weighted by Crippen LogP contribution is 2.31. The molecular weight excluding hydrogens is 216 g/mol. The molecule has 0 aliphatic heterocycles. The number of phenols is 1. The molecule has 0 amide bonds. The minimum absolute atomic E-state index is 0.0402. The van der Waals surface area contributed by atoms with E-state index >= 15 is 0 Å². The molecule has 0 fully saturated rings. The lowest BCUT2D eigenvalue weighted by Gasteiger charge is -2.08. The molecule has 0 aliphatic rings. The minimum Gasteiger partial charge on any atom is -0.504 e. The maximum absolute atomic E-state index is 11.1. The maximum atomic E-state index is 11.1. The van der Waals surface area contributed by atoms with Gasteiger partial charge < -0.3 is 9.84 Å². The number of rotatable bonds is 3. The topological polar surface area (TPSA) is 46.5 Å². The number of ether oxygens (including phenoxy) is 1. The van der Waals surface area contributed by atoms with E-state index in [0.717, 1.165) is 0 Å². The van der Waals surface area contributed by atoms with Crippen LogP contribution >= 0.6 is 0 Å². The molecule has 0 spiro atoms.